The second-order valence-corrected chi connectivity index (χ2v) is 13.1. The zero-order valence-electron chi connectivity index (χ0n) is 28.4. The number of hydrazone groups is 1. The number of H-pyrrole nitrogens is 2. The Morgan fingerprint density at radius 2 is 1.82 bits per heavy atom. The number of carbonyl (C=O) groups excluding carboxylic acids is 1. The van der Waals surface area contributed by atoms with Gasteiger partial charge in [0.2, 0.25) is 12.3 Å². The van der Waals surface area contributed by atoms with E-state index in [1.807, 2.05) is 68.6 Å². The number of aromatic nitrogens is 4. The number of nitrogens with zero attached hydrogens (tertiary/aromatic N) is 5. The van der Waals surface area contributed by atoms with Gasteiger partial charge in [-0.05, 0) is 77.9 Å². The number of benzene rings is 3. The summed E-state index contributed by atoms with van der Waals surface area (Å²) in [6, 6.07) is 18.2. The maximum atomic E-state index is 13.3. The highest BCUT2D eigenvalue weighted by molar-refractivity contribution is 6.13. The summed E-state index contributed by atoms with van der Waals surface area (Å²) in [5.74, 6) is 0.154. The number of aliphatic hydroxyl groups is 1. The molecule has 4 heterocycles. The van der Waals surface area contributed by atoms with Crippen molar-refractivity contribution >= 4 is 45.3 Å². The van der Waals surface area contributed by atoms with E-state index in [-0.39, 0.29) is 34.8 Å². The number of hydrogen-bond donors (Lipinski definition) is 7. The molecular formula is C37H39N9O5. The molecule has 0 saturated heterocycles. The molecule has 3 aromatic heterocycles. The number of amidine groups is 1. The molecule has 51 heavy (non-hydrogen) atoms. The predicted octanol–water partition coefficient (Wildman–Crippen LogP) is 3.93. The van der Waals surface area contributed by atoms with E-state index in [1.54, 1.807) is 29.1 Å². The first-order chi connectivity index (χ1) is 24.5. The lowest BCUT2D eigenvalue weighted by Gasteiger charge is -2.24. The van der Waals surface area contributed by atoms with Crippen LogP contribution in [0.4, 0.5) is 11.6 Å². The Kier molecular flexibility index (Phi) is 8.61. The average Bonchev–Trinajstić information content (AvgIpc) is 3.82. The van der Waals surface area contributed by atoms with Gasteiger partial charge in [0.1, 0.15) is 17.1 Å². The molecule has 0 bridgehead atoms. The normalized spacial score (nSPS) is 14.4. The Morgan fingerprint density at radius 1 is 1.04 bits per heavy atom. The van der Waals surface area contributed by atoms with Crippen molar-refractivity contribution < 1.29 is 20.1 Å². The van der Waals surface area contributed by atoms with Crippen molar-refractivity contribution in [1.29, 1.82) is 0 Å². The van der Waals surface area contributed by atoms with Gasteiger partial charge in [-0.15, -0.1) is 0 Å². The predicted molar refractivity (Wildman–Crippen MR) is 196 cm³/mol. The van der Waals surface area contributed by atoms with Crippen LogP contribution in [0.2, 0.25) is 0 Å². The number of likely N-dealkylation sites (N-methyl/N-ethyl adjacent to an activating group) is 1. The zero-order valence-corrected chi connectivity index (χ0v) is 28.4. The van der Waals surface area contributed by atoms with E-state index in [0.717, 1.165) is 22.0 Å². The minimum absolute atomic E-state index is 0.00280. The van der Waals surface area contributed by atoms with Gasteiger partial charge in [-0.3, -0.25) is 24.9 Å². The lowest BCUT2D eigenvalue weighted by atomic mass is 9.98. The second-order valence-electron chi connectivity index (χ2n) is 13.1. The monoisotopic (exact) mass is 689 g/mol. The van der Waals surface area contributed by atoms with Gasteiger partial charge in [-0.2, -0.15) is 10.1 Å². The van der Waals surface area contributed by atoms with E-state index >= 15 is 0 Å². The van der Waals surface area contributed by atoms with Crippen LogP contribution >= 0.6 is 0 Å². The number of aliphatic hydroxyl groups excluding tert-OH is 1. The van der Waals surface area contributed by atoms with Crippen molar-refractivity contribution in [3.8, 4) is 11.5 Å². The summed E-state index contributed by atoms with van der Waals surface area (Å²) in [5, 5.41) is 37.5. The molecule has 1 amide bonds. The van der Waals surface area contributed by atoms with Gasteiger partial charge < -0.3 is 35.5 Å². The van der Waals surface area contributed by atoms with Gasteiger partial charge in [0.15, 0.2) is 5.84 Å². The van der Waals surface area contributed by atoms with E-state index in [4.69, 9.17) is 5.73 Å². The van der Waals surface area contributed by atoms with Crippen LogP contribution in [0, 0.1) is 0 Å². The van der Waals surface area contributed by atoms with Gasteiger partial charge >= 0.3 is 0 Å². The molecular weight excluding hydrogens is 650 g/mol. The number of amides is 1. The zero-order chi connectivity index (χ0) is 36.0. The smallest absolute Gasteiger partial charge is 0.262 e. The van der Waals surface area contributed by atoms with Crippen LogP contribution in [0.15, 0.2) is 83.0 Å². The molecule has 262 valence electrons. The van der Waals surface area contributed by atoms with E-state index in [9.17, 15) is 24.9 Å². The summed E-state index contributed by atoms with van der Waals surface area (Å²) in [7, 11) is 1.78. The summed E-state index contributed by atoms with van der Waals surface area (Å²) >= 11 is 0. The third-order valence-electron chi connectivity index (χ3n) is 9.35. The maximum absolute atomic E-state index is 13.3. The molecule has 0 saturated carbocycles. The van der Waals surface area contributed by atoms with Gasteiger partial charge in [0.05, 0.1) is 10.9 Å². The number of phenolic OH excluding ortho intramolecular Hbond substituents is 2. The van der Waals surface area contributed by atoms with E-state index in [0.29, 0.717) is 65.2 Å². The first kappa shape index (κ1) is 33.2. The molecule has 0 fully saturated rings. The number of anilines is 2. The number of aromatic hydroxyl groups is 2. The highest BCUT2D eigenvalue weighted by atomic mass is 16.3. The van der Waals surface area contributed by atoms with Crippen molar-refractivity contribution in [2.24, 2.45) is 5.10 Å². The fraction of sp³-hybridized carbons (Fsp3) is 0.243. The lowest BCUT2D eigenvalue weighted by Crippen LogP contribution is -2.40. The molecule has 3 aromatic carbocycles. The standard InChI is InChI=1S/C37H39N9O5/c1-20(2)26-17-27(30(48)18-29(26)47)33-42-43-37(51)46(33)25-10-11-28-23(16-25)12-13-45(28)15-14-44(3)35(50)22-7-4-21(5-8-22)6-9-24-19-39-32-31(24)34(49)41-36(38)40-32/h4-5,7-8,10-13,16-20,37,43,47-48,51H,6,9,14-15H2,1-3H3,(H4,38,39,40,41,49). The Labute approximate surface area is 292 Å². The summed E-state index contributed by atoms with van der Waals surface area (Å²) in [6.07, 6.45) is 3.89. The number of nitrogens with two attached hydrogens (primary N) is 1. The summed E-state index contributed by atoms with van der Waals surface area (Å²) in [6.45, 7) is 4.92. The number of phenols is 2. The number of nitrogen functional groups attached to an aromatic ring is 1. The van der Waals surface area contributed by atoms with Gasteiger partial charge in [-0.25, -0.2) is 0 Å². The highest BCUT2D eigenvalue weighted by Gasteiger charge is 2.31. The van der Waals surface area contributed by atoms with Crippen LogP contribution in [-0.4, -0.2) is 71.4 Å². The van der Waals surface area contributed by atoms with Crippen LogP contribution < -0.4 is 21.6 Å². The van der Waals surface area contributed by atoms with Crippen LogP contribution in [0.1, 0.15) is 52.4 Å². The van der Waals surface area contributed by atoms with Gasteiger partial charge in [-0.1, -0.05) is 26.0 Å². The molecule has 8 N–H and O–H groups in total. The van der Waals surface area contributed by atoms with Crippen molar-refractivity contribution in [3.05, 3.63) is 111 Å². The highest BCUT2D eigenvalue weighted by Crippen LogP contribution is 2.35. The molecule has 0 radical (unpaired) electrons. The number of aromatic amines is 2. The second kappa shape index (κ2) is 13.2. The first-order valence-electron chi connectivity index (χ1n) is 16.6. The Hall–Kier alpha value is -6.28. The number of carbonyl (C=O) groups is 1. The number of aryl methyl sites for hydroxylation is 2. The Balaban J connectivity index is 0.996. The molecule has 6 aromatic rings. The molecule has 1 aliphatic rings. The number of hydrogen-bond acceptors (Lipinski definition) is 10. The largest absolute Gasteiger partial charge is 0.508 e. The van der Waals surface area contributed by atoms with Crippen LogP contribution in [0.5, 0.6) is 11.5 Å². The van der Waals surface area contributed by atoms with E-state index in [2.05, 4.69) is 30.0 Å². The summed E-state index contributed by atoms with van der Waals surface area (Å²) < 4.78 is 2.07. The van der Waals surface area contributed by atoms with E-state index < -0.39 is 6.35 Å². The van der Waals surface area contributed by atoms with Crippen molar-refractivity contribution in [1.82, 2.24) is 29.8 Å². The van der Waals surface area contributed by atoms with Crippen LogP contribution in [0.3, 0.4) is 0 Å². The van der Waals surface area contributed by atoms with Gasteiger partial charge in [0, 0.05) is 60.8 Å². The quantitative estimate of drug-likeness (QED) is 0.111. The van der Waals surface area contributed by atoms with Crippen LogP contribution in [0.25, 0.3) is 21.9 Å². The number of nitrogens with one attached hydrogen (secondary N) is 3. The number of rotatable bonds is 10. The molecule has 1 atom stereocenters. The SMILES string of the molecule is CC(C)c1cc(C2=NNC(O)N2c2ccc3c(ccn3CCN(C)C(=O)c3ccc(CCc4c[nH]c5nc(N)[nH]c(=O)c45)cc3)c2)c(O)cc1O. The molecule has 7 rings (SSSR count). The summed E-state index contributed by atoms with van der Waals surface area (Å²) in [5.41, 5.74) is 13.6. The van der Waals surface area contributed by atoms with E-state index in [1.165, 1.54) is 6.07 Å². The molecule has 1 unspecified atom stereocenters. The van der Waals surface area contributed by atoms with Crippen molar-refractivity contribution in [3.63, 3.8) is 0 Å². The first-order valence-corrected chi connectivity index (χ1v) is 16.6. The molecule has 0 spiro atoms. The maximum Gasteiger partial charge on any atom is 0.262 e. The lowest BCUT2D eigenvalue weighted by molar-refractivity contribution is 0.0790. The fourth-order valence-electron chi connectivity index (χ4n) is 6.56. The molecule has 14 heteroatoms. The minimum Gasteiger partial charge on any atom is -0.508 e. The Morgan fingerprint density at radius 3 is 2.59 bits per heavy atom. The molecule has 0 aliphatic carbocycles. The Bertz CT molecular complexity index is 2360. The molecule has 14 nitrogen and oxygen atoms in total. The minimum atomic E-state index is -1.16. The third-order valence-corrected chi connectivity index (χ3v) is 9.35. The average molecular weight is 690 g/mol. The number of fused-ring (bicyclic) bond motifs is 2. The fourth-order valence-corrected chi connectivity index (χ4v) is 6.56. The van der Waals surface area contributed by atoms with Gasteiger partial charge in [0.25, 0.3) is 11.5 Å². The van der Waals surface area contributed by atoms with Crippen molar-refractivity contribution in [2.75, 3.05) is 24.2 Å². The van der Waals surface area contributed by atoms with Crippen LogP contribution in [-0.2, 0) is 19.4 Å². The third kappa shape index (κ3) is 6.32. The topological polar surface area (TPSA) is 201 Å². The molecule has 1 aliphatic heterocycles. The summed E-state index contributed by atoms with van der Waals surface area (Å²) in [4.78, 5) is 38.6. The van der Waals surface area contributed by atoms with Crippen molar-refractivity contribution in [2.45, 2.75) is 45.5 Å².